The Morgan fingerprint density at radius 1 is 0.686 bits per heavy atom. The number of nitrogens with zero attached hydrogens (tertiary/aromatic N) is 4. The molecular formula is C22H14F6N6O. The summed E-state index contributed by atoms with van der Waals surface area (Å²) in [4.78, 5) is 15.7. The van der Waals surface area contributed by atoms with Crippen LogP contribution in [0.2, 0.25) is 0 Å². The number of halogens is 6. The normalized spacial score (nSPS) is 10.8. The number of hydrogen-bond acceptors (Lipinski definition) is 7. The SMILES string of the molecule is Fc1cccc(CNc2nc(NCc3cccnc3)nc(Oc3c(F)c(F)c(F)c(F)c3F)n2)c1. The van der Waals surface area contributed by atoms with Gasteiger partial charge in [0.2, 0.25) is 46.7 Å². The molecule has 0 saturated carbocycles. The molecule has 0 aliphatic carbocycles. The Labute approximate surface area is 193 Å². The van der Waals surface area contributed by atoms with E-state index in [0.717, 1.165) is 5.56 Å². The van der Waals surface area contributed by atoms with Crippen molar-refractivity contribution in [1.29, 1.82) is 0 Å². The van der Waals surface area contributed by atoms with Gasteiger partial charge in [0.05, 0.1) is 0 Å². The molecule has 0 saturated heterocycles. The highest BCUT2D eigenvalue weighted by Gasteiger charge is 2.28. The molecular weight excluding hydrogens is 478 g/mol. The topological polar surface area (TPSA) is 84.9 Å². The first-order chi connectivity index (χ1) is 16.8. The lowest BCUT2D eigenvalue weighted by atomic mass is 10.2. The van der Waals surface area contributed by atoms with E-state index in [-0.39, 0.29) is 25.0 Å². The summed E-state index contributed by atoms with van der Waals surface area (Å²) in [5, 5.41) is 5.58. The standard InChI is InChI=1S/C22H14F6N6O/c23-13-5-1-3-11(7-13)9-30-20-32-21(31-10-12-4-2-6-29-8-12)34-22(33-20)35-19-17(27)15(25)14(24)16(26)18(19)28/h1-8H,9-10H2,(H2,30,31,32,33,34). The van der Waals surface area contributed by atoms with Gasteiger partial charge in [-0.25, -0.2) is 17.6 Å². The number of rotatable bonds is 8. The van der Waals surface area contributed by atoms with Crippen LogP contribution in [0.25, 0.3) is 0 Å². The van der Waals surface area contributed by atoms with E-state index in [9.17, 15) is 26.3 Å². The van der Waals surface area contributed by atoms with Gasteiger partial charge in [0.15, 0.2) is 0 Å². The molecule has 35 heavy (non-hydrogen) atoms. The Balaban J connectivity index is 1.64. The van der Waals surface area contributed by atoms with Crippen molar-refractivity contribution >= 4 is 11.9 Å². The van der Waals surface area contributed by atoms with Crippen LogP contribution in [0.4, 0.5) is 38.2 Å². The van der Waals surface area contributed by atoms with Gasteiger partial charge in [-0.2, -0.15) is 23.7 Å². The Morgan fingerprint density at radius 3 is 1.89 bits per heavy atom. The summed E-state index contributed by atoms with van der Waals surface area (Å²) < 4.78 is 86.9. The van der Waals surface area contributed by atoms with Crippen LogP contribution in [0.5, 0.6) is 11.8 Å². The molecule has 0 fully saturated rings. The zero-order chi connectivity index (χ0) is 24.9. The third-order valence-electron chi connectivity index (χ3n) is 4.49. The van der Waals surface area contributed by atoms with Crippen molar-refractivity contribution < 1.29 is 31.1 Å². The fourth-order valence-electron chi connectivity index (χ4n) is 2.84. The molecule has 0 radical (unpaired) electrons. The highest BCUT2D eigenvalue weighted by atomic mass is 19.2. The van der Waals surface area contributed by atoms with E-state index in [1.807, 2.05) is 0 Å². The minimum Gasteiger partial charge on any atom is -0.418 e. The lowest BCUT2D eigenvalue weighted by molar-refractivity contribution is 0.322. The second-order valence-corrected chi connectivity index (χ2v) is 6.96. The van der Waals surface area contributed by atoms with Gasteiger partial charge in [-0.05, 0) is 29.3 Å². The lowest BCUT2D eigenvalue weighted by Crippen LogP contribution is -2.11. The van der Waals surface area contributed by atoms with Crippen LogP contribution in [0.15, 0.2) is 48.8 Å². The zero-order valence-corrected chi connectivity index (χ0v) is 17.5. The third kappa shape index (κ3) is 5.57. The number of hydrogen-bond donors (Lipinski definition) is 2. The van der Waals surface area contributed by atoms with E-state index < -0.39 is 46.7 Å². The quantitative estimate of drug-likeness (QED) is 0.201. The summed E-state index contributed by atoms with van der Waals surface area (Å²) in [7, 11) is 0. The molecule has 2 N–H and O–H groups in total. The number of pyridine rings is 1. The molecule has 0 bridgehead atoms. The van der Waals surface area contributed by atoms with Crippen LogP contribution in [0, 0.1) is 34.9 Å². The minimum absolute atomic E-state index is 0.0335. The second-order valence-electron chi connectivity index (χ2n) is 6.96. The molecule has 0 unspecified atom stereocenters. The Kier molecular flexibility index (Phi) is 6.94. The summed E-state index contributed by atoms with van der Waals surface area (Å²) in [5.74, 6) is -13.5. The van der Waals surface area contributed by atoms with Crippen molar-refractivity contribution in [2.75, 3.05) is 10.6 Å². The van der Waals surface area contributed by atoms with Crippen LogP contribution in [0.3, 0.4) is 0 Å². The van der Waals surface area contributed by atoms with Crippen LogP contribution in [-0.4, -0.2) is 19.9 Å². The molecule has 0 atom stereocenters. The highest BCUT2D eigenvalue weighted by Crippen LogP contribution is 2.32. The Morgan fingerprint density at radius 2 is 1.29 bits per heavy atom. The van der Waals surface area contributed by atoms with E-state index in [2.05, 4.69) is 30.6 Å². The monoisotopic (exact) mass is 492 g/mol. The molecule has 4 aromatic rings. The van der Waals surface area contributed by atoms with Gasteiger partial charge in [0.1, 0.15) is 5.82 Å². The molecule has 0 amide bonds. The average Bonchev–Trinajstić information content (AvgIpc) is 2.87. The Bertz CT molecular complexity index is 1330. The smallest absolute Gasteiger partial charge is 0.328 e. The van der Waals surface area contributed by atoms with Gasteiger partial charge >= 0.3 is 6.01 Å². The van der Waals surface area contributed by atoms with Crippen molar-refractivity contribution in [2.45, 2.75) is 13.1 Å². The minimum atomic E-state index is -2.33. The van der Waals surface area contributed by atoms with Crippen LogP contribution >= 0.6 is 0 Å². The van der Waals surface area contributed by atoms with E-state index >= 15 is 0 Å². The average molecular weight is 492 g/mol. The van der Waals surface area contributed by atoms with E-state index in [4.69, 9.17) is 4.74 Å². The summed E-state index contributed by atoms with van der Waals surface area (Å²) >= 11 is 0. The first-order valence-electron chi connectivity index (χ1n) is 9.88. The molecule has 2 heterocycles. The Hall–Kier alpha value is -4.42. The van der Waals surface area contributed by atoms with Gasteiger partial charge in [0.25, 0.3) is 0 Å². The first-order valence-corrected chi connectivity index (χ1v) is 9.88. The number of anilines is 2. The van der Waals surface area contributed by atoms with E-state index in [0.29, 0.717) is 5.56 Å². The molecule has 7 nitrogen and oxygen atoms in total. The van der Waals surface area contributed by atoms with E-state index in [1.54, 1.807) is 30.6 Å². The number of benzene rings is 2. The molecule has 2 aromatic carbocycles. The lowest BCUT2D eigenvalue weighted by Gasteiger charge is -2.12. The summed E-state index contributed by atoms with van der Waals surface area (Å²) in [6.07, 6.45) is 3.13. The van der Waals surface area contributed by atoms with Crippen LogP contribution in [-0.2, 0) is 13.1 Å². The van der Waals surface area contributed by atoms with Gasteiger partial charge in [-0.1, -0.05) is 18.2 Å². The van der Waals surface area contributed by atoms with Crippen LogP contribution in [0.1, 0.15) is 11.1 Å². The molecule has 2 aromatic heterocycles. The maximum Gasteiger partial charge on any atom is 0.328 e. The van der Waals surface area contributed by atoms with Gasteiger partial charge < -0.3 is 15.4 Å². The van der Waals surface area contributed by atoms with Crippen molar-refractivity contribution in [3.05, 3.63) is 94.8 Å². The molecule has 0 aliphatic heterocycles. The molecule has 180 valence electrons. The van der Waals surface area contributed by atoms with Crippen molar-refractivity contribution in [3.63, 3.8) is 0 Å². The third-order valence-corrected chi connectivity index (χ3v) is 4.49. The number of nitrogens with one attached hydrogen (secondary N) is 2. The van der Waals surface area contributed by atoms with Crippen molar-refractivity contribution in [1.82, 2.24) is 19.9 Å². The van der Waals surface area contributed by atoms with Crippen LogP contribution < -0.4 is 15.4 Å². The largest absolute Gasteiger partial charge is 0.418 e. The maximum atomic E-state index is 14.1. The number of aromatic nitrogens is 4. The molecule has 0 aliphatic rings. The second kappa shape index (κ2) is 10.2. The van der Waals surface area contributed by atoms with E-state index in [1.165, 1.54) is 18.2 Å². The summed E-state index contributed by atoms with van der Waals surface area (Å²) in [5.41, 5.74) is 1.24. The summed E-state index contributed by atoms with van der Waals surface area (Å²) in [6.45, 7) is 0.203. The summed E-state index contributed by atoms with van der Waals surface area (Å²) in [6, 6.07) is 8.28. The van der Waals surface area contributed by atoms with Gasteiger partial charge in [-0.15, -0.1) is 0 Å². The first kappa shape index (κ1) is 23.7. The fourth-order valence-corrected chi connectivity index (χ4v) is 2.84. The fraction of sp³-hybridized carbons (Fsp3) is 0.0909. The molecule has 0 spiro atoms. The molecule has 4 rings (SSSR count). The molecule has 13 heteroatoms. The predicted octanol–water partition coefficient (Wildman–Crippen LogP) is 5.12. The van der Waals surface area contributed by atoms with Gasteiger partial charge in [0, 0.05) is 25.5 Å². The van der Waals surface area contributed by atoms with Crippen molar-refractivity contribution in [2.24, 2.45) is 0 Å². The van der Waals surface area contributed by atoms with Gasteiger partial charge in [-0.3, -0.25) is 4.98 Å². The highest BCUT2D eigenvalue weighted by molar-refractivity contribution is 5.39. The predicted molar refractivity (Wildman–Crippen MR) is 111 cm³/mol. The number of ether oxygens (including phenoxy) is 1. The zero-order valence-electron chi connectivity index (χ0n) is 17.5. The maximum absolute atomic E-state index is 14.1. The van der Waals surface area contributed by atoms with Crippen molar-refractivity contribution in [3.8, 4) is 11.8 Å².